The first-order chi connectivity index (χ1) is 12.9. The maximum atomic E-state index is 12.9. The van der Waals surface area contributed by atoms with Crippen LogP contribution in [0, 0.1) is 13.8 Å². The Labute approximate surface area is 156 Å². The fourth-order valence-electron chi connectivity index (χ4n) is 3.82. The Balaban J connectivity index is 1.63. The molecular weight excluding hydrogens is 346 g/mol. The number of rotatable bonds is 2. The molecule has 1 aliphatic heterocycles. The minimum absolute atomic E-state index is 0.0897. The van der Waals surface area contributed by atoms with E-state index in [1.807, 2.05) is 32.0 Å². The van der Waals surface area contributed by atoms with Gasteiger partial charge >= 0.3 is 11.7 Å². The Kier molecular flexibility index (Phi) is 4.05. The molecule has 0 saturated carbocycles. The summed E-state index contributed by atoms with van der Waals surface area (Å²) < 4.78 is 8.57. The zero-order chi connectivity index (χ0) is 19.3. The number of hydrogen-bond acceptors (Lipinski definition) is 4. The van der Waals surface area contributed by atoms with Crippen LogP contribution in [0.25, 0.3) is 11.0 Å². The third kappa shape index (κ3) is 2.81. The van der Waals surface area contributed by atoms with Crippen LogP contribution >= 0.6 is 0 Å². The lowest BCUT2D eigenvalue weighted by Crippen LogP contribution is -2.34. The summed E-state index contributed by atoms with van der Waals surface area (Å²) in [5, 5.41) is 6.95. The molecule has 1 saturated heterocycles. The molecule has 8 heteroatoms. The highest BCUT2D eigenvalue weighted by Crippen LogP contribution is 2.33. The van der Waals surface area contributed by atoms with Crippen molar-refractivity contribution < 1.29 is 9.32 Å². The Morgan fingerprint density at radius 1 is 1.19 bits per heavy atom. The fourth-order valence-corrected chi connectivity index (χ4v) is 3.82. The number of fused-ring (bicyclic) bond motifs is 1. The quantitative estimate of drug-likeness (QED) is 0.753. The highest BCUT2D eigenvalue weighted by atomic mass is 16.5. The predicted molar refractivity (Wildman–Crippen MR) is 102 cm³/mol. The molecule has 0 spiro atoms. The van der Waals surface area contributed by atoms with E-state index in [1.165, 1.54) is 0 Å². The minimum Gasteiger partial charge on any atom is -0.359 e. The van der Waals surface area contributed by atoms with Gasteiger partial charge in [0.05, 0.1) is 22.8 Å². The van der Waals surface area contributed by atoms with Crippen LogP contribution < -0.4 is 11.0 Å². The number of likely N-dealkylation sites (tertiary alicyclic amines) is 1. The van der Waals surface area contributed by atoms with Crippen molar-refractivity contribution in [1.82, 2.24) is 19.2 Å². The molecule has 1 atom stereocenters. The van der Waals surface area contributed by atoms with Crippen molar-refractivity contribution >= 4 is 22.8 Å². The largest absolute Gasteiger partial charge is 0.359 e. The molecule has 1 aliphatic rings. The monoisotopic (exact) mass is 369 g/mol. The van der Waals surface area contributed by atoms with Gasteiger partial charge in [0.15, 0.2) is 5.76 Å². The Morgan fingerprint density at radius 2 is 1.89 bits per heavy atom. The SMILES string of the molecule is Cc1cc(C2CCCN2C(=O)Nc2cc3c(cc2C)n(C)c(=O)n3C)on1. The molecule has 8 nitrogen and oxygen atoms in total. The number of urea groups is 1. The van der Waals surface area contributed by atoms with Gasteiger partial charge in [-0.25, -0.2) is 9.59 Å². The van der Waals surface area contributed by atoms with E-state index >= 15 is 0 Å². The Hall–Kier alpha value is -3.03. The molecule has 4 rings (SSSR count). The van der Waals surface area contributed by atoms with Crippen LogP contribution in [0.1, 0.15) is 35.9 Å². The van der Waals surface area contributed by atoms with Crippen molar-refractivity contribution in [1.29, 1.82) is 0 Å². The van der Waals surface area contributed by atoms with Gasteiger partial charge in [-0.05, 0) is 44.4 Å². The van der Waals surface area contributed by atoms with Gasteiger partial charge in [-0.2, -0.15) is 0 Å². The second kappa shape index (κ2) is 6.29. The smallest absolute Gasteiger partial charge is 0.328 e. The van der Waals surface area contributed by atoms with E-state index in [1.54, 1.807) is 28.1 Å². The van der Waals surface area contributed by atoms with E-state index in [4.69, 9.17) is 4.52 Å². The molecule has 0 bridgehead atoms. The summed E-state index contributed by atoms with van der Waals surface area (Å²) in [6, 6.07) is 5.39. The number of anilines is 1. The van der Waals surface area contributed by atoms with Gasteiger partial charge in [-0.3, -0.25) is 9.13 Å². The molecular formula is C19H23N5O3. The standard InChI is InChI=1S/C19H23N5O3/c1-11-8-15-16(23(4)19(26)22(15)3)10-13(11)20-18(25)24-7-5-6-14(24)17-9-12(2)21-27-17/h8-10,14H,5-7H2,1-4H3,(H,20,25). The molecule has 2 aromatic heterocycles. The van der Waals surface area contributed by atoms with Gasteiger partial charge in [0, 0.05) is 32.4 Å². The van der Waals surface area contributed by atoms with Crippen LogP contribution in [0.15, 0.2) is 27.5 Å². The maximum Gasteiger partial charge on any atom is 0.328 e. The molecule has 2 amide bonds. The van der Waals surface area contributed by atoms with Crippen LogP contribution in [0.5, 0.6) is 0 Å². The second-order valence-corrected chi connectivity index (χ2v) is 7.21. The Morgan fingerprint density at radius 3 is 2.56 bits per heavy atom. The van der Waals surface area contributed by atoms with E-state index < -0.39 is 0 Å². The van der Waals surface area contributed by atoms with Gasteiger partial charge in [0.2, 0.25) is 0 Å². The average Bonchev–Trinajstić information content (AvgIpc) is 3.33. The molecule has 1 unspecified atom stereocenters. The molecule has 3 aromatic rings. The number of hydrogen-bond donors (Lipinski definition) is 1. The first-order valence-corrected chi connectivity index (χ1v) is 9.03. The van der Waals surface area contributed by atoms with Crippen molar-refractivity contribution in [2.75, 3.05) is 11.9 Å². The summed E-state index contributed by atoms with van der Waals surface area (Å²) in [6.45, 7) is 4.46. The molecule has 1 fully saturated rings. The van der Waals surface area contributed by atoms with Crippen molar-refractivity contribution in [3.63, 3.8) is 0 Å². The molecule has 3 heterocycles. The minimum atomic E-state index is -0.171. The number of nitrogens with one attached hydrogen (secondary N) is 1. The van der Waals surface area contributed by atoms with Crippen LogP contribution in [-0.2, 0) is 14.1 Å². The lowest BCUT2D eigenvalue weighted by Gasteiger charge is -2.23. The average molecular weight is 369 g/mol. The molecule has 27 heavy (non-hydrogen) atoms. The number of nitrogens with zero attached hydrogens (tertiary/aromatic N) is 4. The van der Waals surface area contributed by atoms with Crippen molar-refractivity contribution in [3.8, 4) is 0 Å². The van der Waals surface area contributed by atoms with E-state index in [9.17, 15) is 9.59 Å². The summed E-state index contributed by atoms with van der Waals surface area (Å²) in [5.41, 5.74) is 3.95. The number of carbonyl (C=O) groups excluding carboxylic acids is 1. The number of amides is 2. The van der Waals surface area contributed by atoms with E-state index in [0.717, 1.165) is 40.9 Å². The number of benzene rings is 1. The van der Waals surface area contributed by atoms with Gasteiger partial charge in [-0.1, -0.05) is 5.16 Å². The lowest BCUT2D eigenvalue weighted by atomic mass is 10.1. The van der Waals surface area contributed by atoms with Crippen LogP contribution in [-0.4, -0.2) is 31.8 Å². The van der Waals surface area contributed by atoms with Crippen LogP contribution in [0.3, 0.4) is 0 Å². The maximum absolute atomic E-state index is 12.9. The zero-order valence-corrected chi connectivity index (χ0v) is 15.9. The van der Waals surface area contributed by atoms with E-state index in [-0.39, 0.29) is 17.8 Å². The van der Waals surface area contributed by atoms with Crippen LogP contribution in [0.2, 0.25) is 0 Å². The number of carbonyl (C=O) groups is 1. The number of aryl methyl sites for hydroxylation is 4. The Bertz CT molecular complexity index is 1090. The first kappa shape index (κ1) is 17.4. The predicted octanol–water partition coefficient (Wildman–Crippen LogP) is 2.85. The highest BCUT2D eigenvalue weighted by Gasteiger charge is 2.33. The molecule has 1 N–H and O–H groups in total. The second-order valence-electron chi connectivity index (χ2n) is 7.21. The normalized spacial score (nSPS) is 17.0. The summed E-state index contributed by atoms with van der Waals surface area (Å²) in [4.78, 5) is 26.9. The molecule has 1 aromatic carbocycles. The topological polar surface area (TPSA) is 85.3 Å². The van der Waals surface area contributed by atoms with Gasteiger partial charge < -0.3 is 14.7 Å². The van der Waals surface area contributed by atoms with Gasteiger partial charge in [-0.15, -0.1) is 0 Å². The zero-order valence-electron chi connectivity index (χ0n) is 15.9. The lowest BCUT2D eigenvalue weighted by molar-refractivity contribution is 0.195. The van der Waals surface area contributed by atoms with Crippen molar-refractivity contribution in [3.05, 3.63) is 45.7 Å². The van der Waals surface area contributed by atoms with Crippen molar-refractivity contribution in [2.24, 2.45) is 14.1 Å². The molecule has 0 radical (unpaired) electrons. The van der Waals surface area contributed by atoms with Gasteiger partial charge in [0.25, 0.3) is 0 Å². The summed E-state index contributed by atoms with van der Waals surface area (Å²) in [5.74, 6) is 0.720. The molecule has 142 valence electrons. The third-order valence-corrected chi connectivity index (χ3v) is 5.35. The van der Waals surface area contributed by atoms with Gasteiger partial charge in [0.1, 0.15) is 0 Å². The summed E-state index contributed by atoms with van der Waals surface area (Å²) in [7, 11) is 3.48. The van der Waals surface area contributed by atoms with Crippen LogP contribution in [0.4, 0.5) is 10.5 Å². The summed E-state index contributed by atoms with van der Waals surface area (Å²) in [6.07, 6.45) is 1.77. The number of imidazole rings is 1. The first-order valence-electron chi connectivity index (χ1n) is 9.03. The van der Waals surface area contributed by atoms with Crippen molar-refractivity contribution in [2.45, 2.75) is 32.7 Å². The summed E-state index contributed by atoms with van der Waals surface area (Å²) >= 11 is 0. The van der Waals surface area contributed by atoms with E-state index in [0.29, 0.717) is 12.2 Å². The fraction of sp³-hybridized carbons (Fsp3) is 0.421. The third-order valence-electron chi connectivity index (χ3n) is 5.35. The van der Waals surface area contributed by atoms with E-state index in [2.05, 4.69) is 10.5 Å². The number of aromatic nitrogens is 3. The molecule has 0 aliphatic carbocycles. The highest BCUT2D eigenvalue weighted by molar-refractivity contribution is 5.93.